The van der Waals surface area contributed by atoms with Crippen molar-refractivity contribution in [1.29, 1.82) is 0 Å². The van der Waals surface area contributed by atoms with Gasteiger partial charge in [0.25, 0.3) is 0 Å². The van der Waals surface area contributed by atoms with Crippen molar-refractivity contribution >= 4 is 28.0 Å². The molecule has 0 saturated heterocycles. The van der Waals surface area contributed by atoms with Gasteiger partial charge >= 0.3 is 0 Å². The maximum Gasteiger partial charge on any atom is 0.200 e. The number of hydrogen-bond acceptors (Lipinski definition) is 0. The first-order valence-corrected chi connectivity index (χ1v) is 16.8. The summed E-state index contributed by atoms with van der Waals surface area (Å²) in [6.45, 7) is 3.19. The molecule has 0 atom stereocenters. The molecule has 1 aromatic heterocycles. The van der Waals surface area contributed by atoms with Gasteiger partial charge in [-0.05, 0) is 6.42 Å². The molecule has 0 spiro atoms. The lowest BCUT2D eigenvalue weighted by Crippen LogP contribution is -2.81. The summed E-state index contributed by atoms with van der Waals surface area (Å²) in [6, 6.07) is 17.0. The molecule has 0 aliphatic carbocycles. The van der Waals surface area contributed by atoms with Crippen LogP contribution in [-0.2, 0) is 13.0 Å². The van der Waals surface area contributed by atoms with Crippen molar-refractivity contribution in [2.24, 2.45) is 0 Å². The van der Waals surface area contributed by atoms with E-state index in [0.717, 1.165) is 13.0 Å². The smallest absolute Gasteiger partial charge is 0.200 e. The highest BCUT2D eigenvalue weighted by Crippen LogP contribution is 2.30. The minimum atomic E-state index is -7.22. The zero-order chi connectivity index (χ0) is 45.6. The van der Waals surface area contributed by atoms with E-state index in [1.54, 1.807) is 0 Å². The summed E-state index contributed by atoms with van der Waals surface area (Å²) in [4.78, 5) is 0. The molecule has 1 heterocycles. The van der Waals surface area contributed by atoms with Crippen molar-refractivity contribution in [2.45, 2.75) is 26.3 Å². The third kappa shape index (κ3) is 7.42. The summed E-state index contributed by atoms with van der Waals surface area (Å²) < 4.78 is 296. The molecule has 0 saturated carbocycles. The monoisotopic (exact) mass is 891 g/mol. The molecule has 0 aliphatic heterocycles. The quantitative estimate of drug-likeness (QED) is 0.0474. The predicted octanol–water partition coefficient (Wildman–Crippen LogP) is 8.82. The Balaban J connectivity index is 0.000000366. The van der Waals surface area contributed by atoms with Gasteiger partial charge in [0, 0.05) is 24.1 Å². The molecule has 0 aliphatic rings. The van der Waals surface area contributed by atoms with Crippen LogP contribution in [-0.4, -0.2) is 6.15 Å². The molecule has 0 radical (unpaired) electrons. The molecule has 61 heavy (non-hydrogen) atoms. The molecule has 0 bridgehead atoms. The van der Waals surface area contributed by atoms with Gasteiger partial charge in [-0.2, -0.15) is 4.57 Å². The van der Waals surface area contributed by atoms with Crippen molar-refractivity contribution in [3.63, 3.8) is 0 Å². The van der Waals surface area contributed by atoms with E-state index < -0.39 is 144 Å². The number of pyridine rings is 1. The molecule has 6 rings (SSSR count). The second-order valence-corrected chi connectivity index (χ2v) is 12.9. The van der Waals surface area contributed by atoms with Gasteiger partial charge in [0.15, 0.2) is 88.2 Å². The third-order valence-corrected chi connectivity index (χ3v) is 9.44. The summed E-state index contributed by atoms with van der Waals surface area (Å²) in [5, 5.41) is 0. The minimum absolute atomic E-state index is 0.969. The van der Waals surface area contributed by atoms with Crippen LogP contribution in [0.2, 0.25) is 0 Å². The van der Waals surface area contributed by atoms with E-state index in [1.807, 2.05) is 0 Å². The van der Waals surface area contributed by atoms with Crippen molar-refractivity contribution in [2.75, 3.05) is 0 Å². The Labute approximate surface area is 329 Å². The average Bonchev–Trinajstić information content (AvgIpc) is 3.25. The third-order valence-electron chi connectivity index (χ3n) is 9.44. The van der Waals surface area contributed by atoms with Gasteiger partial charge in [0.1, 0.15) is 52.7 Å². The Morgan fingerprint density at radius 1 is 0.344 bits per heavy atom. The Hall–Kier alpha value is -6.09. The summed E-state index contributed by atoms with van der Waals surface area (Å²) in [6.07, 6.45) is -2.71. The van der Waals surface area contributed by atoms with Gasteiger partial charge in [-0.25, -0.2) is 87.8 Å². The molecular weight excluding hydrogens is 873 g/mol. The lowest BCUT2D eigenvalue weighted by molar-refractivity contribution is -0.695. The highest BCUT2D eigenvalue weighted by atomic mass is 19.2. The van der Waals surface area contributed by atoms with Gasteiger partial charge in [-0.3, -0.25) is 0 Å². The van der Waals surface area contributed by atoms with E-state index in [-0.39, 0.29) is 0 Å². The van der Waals surface area contributed by atoms with Crippen LogP contribution in [0.25, 0.3) is 0 Å². The van der Waals surface area contributed by atoms with Crippen molar-refractivity contribution in [3.8, 4) is 0 Å². The molecule has 5 aromatic carbocycles. The fourth-order valence-corrected chi connectivity index (χ4v) is 6.80. The standard InChI is InChI=1S/C24BF20.C15H18N/c26-5-1(6(27)14(35)21(42)13(5)34)25(2-7(28)15(36)22(43)16(37)8(2)29,3-9(30)17(38)23(44)18(39)10(3)31)4-11(32)19(40)24(45)20(41)12(4)33;1-2-8-15-11-6-7-12-16(15)13-14-9-4-3-5-10-14/h;3-7,9-12H,2,8,13H2,1H3/q-1;+1. The second kappa shape index (κ2) is 17.5. The Kier molecular flexibility index (Phi) is 13.2. The SMILES string of the molecule is CCCc1cccc[n+]1Cc1ccccc1.Fc1c(F)c(F)c([B-](c2c(F)c(F)c(F)c(F)c2F)(c2c(F)c(F)c(F)c(F)c2F)c2c(F)c(F)c(F)c(F)c2F)c(F)c1F. The highest BCUT2D eigenvalue weighted by molar-refractivity contribution is 7.20. The summed E-state index contributed by atoms with van der Waals surface area (Å²) in [5.41, 5.74) is -11.6. The molecule has 1 nitrogen and oxygen atoms in total. The van der Waals surface area contributed by atoms with Gasteiger partial charge in [-0.15, -0.1) is 21.9 Å². The number of halogens is 20. The normalized spacial score (nSPS) is 11.6. The van der Waals surface area contributed by atoms with Gasteiger partial charge in [0.2, 0.25) is 0 Å². The number of benzene rings is 5. The summed E-state index contributed by atoms with van der Waals surface area (Å²) in [7, 11) is 0. The van der Waals surface area contributed by atoms with Crippen LogP contribution < -0.4 is 26.4 Å². The minimum Gasteiger partial charge on any atom is -0.207 e. The number of nitrogens with zero attached hydrogens (tertiary/aromatic N) is 1. The van der Waals surface area contributed by atoms with E-state index in [9.17, 15) is 52.7 Å². The maximum atomic E-state index is 15.4. The van der Waals surface area contributed by atoms with Crippen LogP contribution >= 0.6 is 0 Å². The topological polar surface area (TPSA) is 3.88 Å². The largest absolute Gasteiger partial charge is 0.207 e. The van der Waals surface area contributed by atoms with Crippen molar-refractivity contribution in [3.05, 3.63) is 182 Å². The first-order chi connectivity index (χ1) is 28.6. The van der Waals surface area contributed by atoms with Crippen LogP contribution in [0.15, 0.2) is 54.7 Å². The lowest BCUT2D eigenvalue weighted by atomic mass is 9.12. The zero-order valence-corrected chi connectivity index (χ0v) is 29.9. The molecule has 0 unspecified atom stereocenters. The van der Waals surface area contributed by atoms with Crippen LogP contribution in [0.1, 0.15) is 24.6 Å². The Morgan fingerprint density at radius 2 is 0.607 bits per heavy atom. The Morgan fingerprint density at radius 3 is 0.885 bits per heavy atom. The number of rotatable bonds is 8. The number of aryl methyl sites for hydroxylation is 1. The second-order valence-electron chi connectivity index (χ2n) is 12.9. The molecular formula is C39H18BF20N. The molecule has 0 amide bonds. The van der Waals surface area contributed by atoms with Crippen molar-refractivity contribution < 1.29 is 92.4 Å². The van der Waals surface area contributed by atoms with Crippen LogP contribution in [0.3, 0.4) is 0 Å². The fraction of sp³-hybridized carbons (Fsp3) is 0.103. The molecule has 0 N–H and O–H groups in total. The summed E-state index contributed by atoms with van der Waals surface area (Å²) in [5.74, 6) is -71.4. The van der Waals surface area contributed by atoms with Gasteiger partial charge < -0.3 is 0 Å². The van der Waals surface area contributed by atoms with Crippen LogP contribution in [0.5, 0.6) is 0 Å². The molecule has 322 valence electrons. The Bertz CT molecular complexity index is 2310. The highest BCUT2D eigenvalue weighted by Gasteiger charge is 2.52. The lowest BCUT2D eigenvalue weighted by Gasteiger charge is -2.44. The van der Waals surface area contributed by atoms with E-state index in [0.29, 0.717) is 0 Å². The molecule has 0 fully saturated rings. The van der Waals surface area contributed by atoms with Gasteiger partial charge in [-0.1, -0.05) is 43.3 Å². The zero-order valence-electron chi connectivity index (χ0n) is 29.9. The average molecular weight is 891 g/mol. The van der Waals surface area contributed by atoms with E-state index >= 15 is 35.1 Å². The summed E-state index contributed by atoms with van der Waals surface area (Å²) >= 11 is 0. The van der Waals surface area contributed by atoms with E-state index in [1.165, 1.54) is 17.7 Å². The van der Waals surface area contributed by atoms with Crippen LogP contribution in [0, 0.1) is 116 Å². The maximum absolute atomic E-state index is 15.4. The molecule has 22 heteroatoms. The molecule has 6 aromatic rings. The van der Waals surface area contributed by atoms with Crippen molar-refractivity contribution in [1.82, 2.24) is 0 Å². The van der Waals surface area contributed by atoms with Crippen LogP contribution in [0.4, 0.5) is 87.8 Å². The van der Waals surface area contributed by atoms with E-state index in [4.69, 9.17) is 0 Å². The fourth-order valence-electron chi connectivity index (χ4n) is 6.80. The van der Waals surface area contributed by atoms with E-state index in [2.05, 4.69) is 66.2 Å². The van der Waals surface area contributed by atoms with Gasteiger partial charge in [0.05, 0.1) is 0 Å². The first-order valence-electron chi connectivity index (χ1n) is 16.8. The number of hydrogen-bond donors (Lipinski definition) is 0. The predicted molar refractivity (Wildman–Crippen MR) is 175 cm³/mol. The first kappa shape index (κ1) is 46.0. The number of aromatic nitrogens is 1.